The summed E-state index contributed by atoms with van der Waals surface area (Å²) in [4.78, 5) is 16.2. The fourth-order valence-corrected chi connectivity index (χ4v) is 2.43. The second kappa shape index (κ2) is 8.49. The molecule has 0 fully saturated rings. The fraction of sp³-hybridized carbons (Fsp3) is 0.211. The van der Waals surface area contributed by atoms with E-state index in [2.05, 4.69) is 10.1 Å². The molecule has 0 aliphatic heterocycles. The Balaban J connectivity index is 1.56. The molecule has 7 heteroatoms. The smallest absolute Gasteiger partial charge is 0.311 e. The number of aromatic nitrogens is 2. The van der Waals surface area contributed by atoms with E-state index in [0.29, 0.717) is 29.1 Å². The second-order valence-corrected chi connectivity index (χ2v) is 5.78. The zero-order valence-corrected chi connectivity index (χ0v) is 14.9. The standard InChI is InChI=1S/C19H17ClN2O4/c1-2-24-14-9-7-13(8-10-14)19-21-17(26-22-19)11-12-18(23)25-16-6-4-3-5-15(16)20/h3-10H,2,11-12H2,1H3. The minimum Gasteiger partial charge on any atom is -0.494 e. The first-order valence-electron chi connectivity index (χ1n) is 8.16. The second-order valence-electron chi connectivity index (χ2n) is 5.37. The molecule has 0 radical (unpaired) electrons. The van der Waals surface area contributed by atoms with Gasteiger partial charge in [0.05, 0.1) is 18.1 Å². The van der Waals surface area contributed by atoms with E-state index in [9.17, 15) is 4.79 Å². The van der Waals surface area contributed by atoms with Crippen LogP contribution in [-0.4, -0.2) is 22.7 Å². The summed E-state index contributed by atoms with van der Waals surface area (Å²) < 4.78 is 15.8. The van der Waals surface area contributed by atoms with Gasteiger partial charge in [0.15, 0.2) is 0 Å². The van der Waals surface area contributed by atoms with Crippen LogP contribution in [0.2, 0.25) is 5.02 Å². The topological polar surface area (TPSA) is 74.5 Å². The van der Waals surface area contributed by atoms with Gasteiger partial charge in [-0.05, 0) is 43.3 Å². The van der Waals surface area contributed by atoms with Crippen molar-refractivity contribution in [1.29, 1.82) is 0 Å². The molecule has 0 atom stereocenters. The Hall–Kier alpha value is -2.86. The number of benzene rings is 2. The molecule has 3 rings (SSSR count). The van der Waals surface area contributed by atoms with Gasteiger partial charge in [0.1, 0.15) is 11.5 Å². The van der Waals surface area contributed by atoms with Crippen LogP contribution < -0.4 is 9.47 Å². The van der Waals surface area contributed by atoms with Crippen LogP contribution in [0.5, 0.6) is 11.5 Å². The van der Waals surface area contributed by atoms with Gasteiger partial charge in [0.25, 0.3) is 0 Å². The monoisotopic (exact) mass is 372 g/mol. The van der Waals surface area contributed by atoms with E-state index >= 15 is 0 Å². The van der Waals surface area contributed by atoms with Crippen LogP contribution in [0.3, 0.4) is 0 Å². The first-order valence-corrected chi connectivity index (χ1v) is 8.54. The third-order valence-electron chi connectivity index (χ3n) is 3.50. The molecule has 0 saturated carbocycles. The summed E-state index contributed by atoms with van der Waals surface area (Å²) in [5, 5.41) is 4.32. The van der Waals surface area contributed by atoms with Gasteiger partial charge in [0.2, 0.25) is 11.7 Å². The van der Waals surface area contributed by atoms with Crippen molar-refractivity contribution < 1.29 is 18.8 Å². The van der Waals surface area contributed by atoms with Crippen molar-refractivity contribution in [2.24, 2.45) is 0 Å². The van der Waals surface area contributed by atoms with Crippen LogP contribution in [-0.2, 0) is 11.2 Å². The summed E-state index contributed by atoms with van der Waals surface area (Å²) in [6, 6.07) is 14.2. The van der Waals surface area contributed by atoms with E-state index < -0.39 is 5.97 Å². The number of ether oxygens (including phenoxy) is 2. The number of para-hydroxylation sites is 1. The maximum Gasteiger partial charge on any atom is 0.311 e. The van der Waals surface area contributed by atoms with E-state index in [1.807, 2.05) is 31.2 Å². The normalized spacial score (nSPS) is 10.5. The van der Waals surface area contributed by atoms with Gasteiger partial charge in [0, 0.05) is 12.0 Å². The number of aryl methyl sites for hydroxylation is 1. The molecule has 0 unspecified atom stereocenters. The number of hydrogen-bond donors (Lipinski definition) is 0. The lowest BCUT2D eigenvalue weighted by atomic mass is 10.2. The van der Waals surface area contributed by atoms with Crippen molar-refractivity contribution in [1.82, 2.24) is 10.1 Å². The maximum atomic E-state index is 11.9. The Morgan fingerprint density at radius 2 is 1.92 bits per heavy atom. The molecule has 2 aromatic carbocycles. The van der Waals surface area contributed by atoms with E-state index in [-0.39, 0.29) is 12.8 Å². The summed E-state index contributed by atoms with van der Waals surface area (Å²) in [6.45, 7) is 2.53. The maximum absolute atomic E-state index is 11.9. The number of halogens is 1. The highest BCUT2D eigenvalue weighted by molar-refractivity contribution is 6.32. The molecule has 0 spiro atoms. The van der Waals surface area contributed by atoms with E-state index in [0.717, 1.165) is 11.3 Å². The quantitative estimate of drug-likeness (QED) is 0.454. The first kappa shape index (κ1) is 17.9. The Labute approximate surface area is 155 Å². The largest absolute Gasteiger partial charge is 0.494 e. The SMILES string of the molecule is CCOc1ccc(-c2noc(CCC(=O)Oc3ccccc3Cl)n2)cc1. The molecule has 6 nitrogen and oxygen atoms in total. The predicted octanol–water partition coefficient (Wildman–Crippen LogP) is 4.33. The molecular formula is C19H17ClN2O4. The number of nitrogens with zero attached hydrogens (tertiary/aromatic N) is 2. The predicted molar refractivity (Wildman–Crippen MR) is 96.3 cm³/mol. The molecule has 26 heavy (non-hydrogen) atoms. The zero-order valence-electron chi connectivity index (χ0n) is 14.1. The summed E-state index contributed by atoms with van der Waals surface area (Å²) in [5.74, 6) is 1.52. The van der Waals surface area contributed by atoms with Gasteiger partial charge >= 0.3 is 5.97 Å². The number of carbonyl (C=O) groups excluding carboxylic acids is 1. The van der Waals surface area contributed by atoms with Crippen molar-refractivity contribution in [3.05, 3.63) is 59.4 Å². The lowest BCUT2D eigenvalue weighted by Gasteiger charge is -2.04. The van der Waals surface area contributed by atoms with E-state index in [1.54, 1.807) is 24.3 Å². The van der Waals surface area contributed by atoms with E-state index in [4.69, 9.17) is 25.6 Å². The molecule has 0 amide bonds. The Kier molecular flexibility index (Phi) is 5.86. The molecule has 0 saturated heterocycles. The zero-order chi connectivity index (χ0) is 18.4. The molecule has 3 aromatic rings. The van der Waals surface area contributed by atoms with Crippen molar-refractivity contribution in [2.75, 3.05) is 6.61 Å². The molecule has 0 aliphatic rings. The highest BCUT2D eigenvalue weighted by Gasteiger charge is 2.13. The van der Waals surface area contributed by atoms with Gasteiger partial charge in [-0.2, -0.15) is 4.98 Å². The number of rotatable bonds is 7. The Morgan fingerprint density at radius 1 is 1.15 bits per heavy atom. The molecule has 0 aliphatic carbocycles. The van der Waals surface area contributed by atoms with Gasteiger partial charge in [-0.1, -0.05) is 28.9 Å². The Morgan fingerprint density at radius 3 is 2.65 bits per heavy atom. The van der Waals surface area contributed by atoms with Crippen LogP contribution in [0.4, 0.5) is 0 Å². The average molecular weight is 373 g/mol. The Bertz CT molecular complexity index is 877. The molecule has 0 N–H and O–H groups in total. The summed E-state index contributed by atoms with van der Waals surface area (Å²) >= 11 is 5.96. The first-order chi connectivity index (χ1) is 12.7. The third-order valence-corrected chi connectivity index (χ3v) is 3.81. The lowest BCUT2D eigenvalue weighted by molar-refractivity contribution is -0.134. The average Bonchev–Trinajstić information content (AvgIpc) is 3.12. The minimum absolute atomic E-state index is 0.107. The van der Waals surface area contributed by atoms with Crippen LogP contribution in [0.25, 0.3) is 11.4 Å². The van der Waals surface area contributed by atoms with Crippen LogP contribution in [0, 0.1) is 0 Å². The summed E-state index contributed by atoms with van der Waals surface area (Å²) in [5.41, 5.74) is 0.807. The van der Waals surface area contributed by atoms with Gasteiger partial charge in [-0.15, -0.1) is 0 Å². The van der Waals surface area contributed by atoms with E-state index in [1.165, 1.54) is 0 Å². The fourth-order valence-electron chi connectivity index (χ4n) is 2.25. The molecule has 0 bridgehead atoms. The van der Waals surface area contributed by atoms with Crippen LogP contribution >= 0.6 is 11.6 Å². The highest BCUT2D eigenvalue weighted by Crippen LogP contribution is 2.24. The van der Waals surface area contributed by atoms with Crippen LogP contribution in [0.15, 0.2) is 53.1 Å². The summed E-state index contributed by atoms with van der Waals surface area (Å²) in [7, 11) is 0. The highest BCUT2D eigenvalue weighted by atomic mass is 35.5. The molecule has 134 valence electrons. The summed E-state index contributed by atoms with van der Waals surface area (Å²) in [6.07, 6.45) is 0.392. The van der Waals surface area contributed by atoms with Crippen molar-refractivity contribution in [3.8, 4) is 22.9 Å². The third kappa shape index (κ3) is 4.61. The number of esters is 1. The van der Waals surface area contributed by atoms with Gasteiger partial charge < -0.3 is 14.0 Å². The van der Waals surface area contributed by atoms with Crippen molar-refractivity contribution in [2.45, 2.75) is 19.8 Å². The van der Waals surface area contributed by atoms with Gasteiger partial charge in [-0.25, -0.2) is 0 Å². The number of carbonyl (C=O) groups is 1. The van der Waals surface area contributed by atoms with Gasteiger partial charge in [-0.3, -0.25) is 4.79 Å². The van der Waals surface area contributed by atoms with Crippen molar-refractivity contribution in [3.63, 3.8) is 0 Å². The molecular weight excluding hydrogens is 356 g/mol. The minimum atomic E-state index is -0.418. The molecule has 1 aromatic heterocycles. The molecule has 1 heterocycles. The number of hydrogen-bond acceptors (Lipinski definition) is 6. The lowest BCUT2D eigenvalue weighted by Crippen LogP contribution is -2.09. The van der Waals surface area contributed by atoms with Crippen LogP contribution in [0.1, 0.15) is 19.2 Å². The van der Waals surface area contributed by atoms with Crippen molar-refractivity contribution >= 4 is 17.6 Å².